The first-order chi connectivity index (χ1) is 12.0. The molecule has 25 heavy (non-hydrogen) atoms. The SMILES string of the molecule is Cc1ccc(-c2cc(C(=O)N3C[C@@H]4CCC[C@@]4(C(=O)O)C3)[nH]n2)cc1. The Bertz CT molecular complexity index is 827. The van der Waals surface area contributed by atoms with Crippen molar-refractivity contribution in [1.82, 2.24) is 15.1 Å². The monoisotopic (exact) mass is 339 g/mol. The molecule has 2 heterocycles. The average molecular weight is 339 g/mol. The molecule has 1 amide bonds. The van der Waals surface area contributed by atoms with Crippen molar-refractivity contribution in [2.45, 2.75) is 26.2 Å². The zero-order chi connectivity index (χ0) is 17.6. The fourth-order valence-corrected chi connectivity index (χ4v) is 4.27. The van der Waals surface area contributed by atoms with E-state index in [2.05, 4.69) is 10.2 Å². The Morgan fingerprint density at radius 1 is 1.32 bits per heavy atom. The summed E-state index contributed by atoms with van der Waals surface area (Å²) in [4.78, 5) is 26.2. The van der Waals surface area contributed by atoms with Gasteiger partial charge in [0.2, 0.25) is 0 Å². The van der Waals surface area contributed by atoms with Gasteiger partial charge in [0, 0.05) is 18.7 Å². The number of nitrogens with zero attached hydrogens (tertiary/aromatic N) is 2. The maximum absolute atomic E-state index is 12.8. The van der Waals surface area contributed by atoms with Crippen molar-refractivity contribution in [3.8, 4) is 11.3 Å². The van der Waals surface area contributed by atoms with Gasteiger partial charge >= 0.3 is 5.97 Å². The van der Waals surface area contributed by atoms with E-state index in [1.807, 2.05) is 31.2 Å². The molecular weight excluding hydrogens is 318 g/mol. The number of likely N-dealkylation sites (tertiary alicyclic amines) is 1. The number of nitrogens with one attached hydrogen (secondary N) is 1. The van der Waals surface area contributed by atoms with Crippen LogP contribution in [0.3, 0.4) is 0 Å². The molecule has 2 aromatic rings. The second kappa shape index (κ2) is 5.72. The van der Waals surface area contributed by atoms with Crippen LogP contribution in [0.5, 0.6) is 0 Å². The van der Waals surface area contributed by atoms with Gasteiger partial charge in [-0.25, -0.2) is 0 Å². The summed E-state index contributed by atoms with van der Waals surface area (Å²) in [5.74, 6) is -0.871. The highest BCUT2D eigenvalue weighted by molar-refractivity contribution is 5.94. The number of hydrogen-bond acceptors (Lipinski definition) is 3. The Balaban J connectivity index is 1.55. The highest BCUT2D eigenvalue weighted by atomic mass is 16.4. The lowest BCUT2D eigenvalue weighted by Crippen LogP contribution is -2.37. The maximum Gasteiger partial charge on any atom is 0.311 e. The van der Waals surface area contributed by atoms with E-state index >= 15 is 0 Å². The summed E-state index contributed by atoms with van der Waals surface area (Å²) in [6.45, 7) is 2.83. The lowest BCUT2D eigenvalue weighted by molar-refractivity contribution is -0.149. The molecule has 0 spiro atoms. The number of rotatable bonds is 3. The van der Waals surface area contributed by atoms with Crippen molar-refractivity contribution in [2.75, 3.05) is 13.1 Å². The molecule has 130 valence electrons. The van der Waals surface area contributed by atoms with Gasteiger partial charge in [0.1, 0.15) is 5.69 Å². The highest BCUT2D eigenvalue weighted by Crippen LogP contribution is 2.49. The number of aromatic amines is 1. The zero-order valence-corrected chi connectivity index (χ0v) is 14.2. The van der Waals surface area contributed by atoms with Crippen LogP contribution < -0.4 is 0 Å². The van der Waals surface area contributed by atoms with Crippen LogP contribution in [0.25, 0.3) is 11.3 Å². The molecule has 2 fully saturated rings. The number of benzene rings is 1. The number of carboxylic acids is 1. The molecule has 0 unspecified atom stereocenters. The molecule has 2 atom stereocenters. The molecule has 0 radical (unpaired) electrons. The number of aliphatic carboxylic acids is 1. The van der Waals surface area contributed by atoms with Crippen LogP contribution in [0.15, 0.2) is 30.3 Å². The summed E-state index contributed by atoms with van der Waals surface area (Å²) in [7, 11) is 0. The summed E-state index contributed by atoms with van der Waals surface area (Å²) < 4.78 is 0. The normalized spacial score (nSPS) is 25.2. The van der Waals surface area contributed by atoms with Crippen LogP contribution in [-0.2, 0) is 4.79 Å². The molecule has 1 saturated carbocycles. The first-order valence-corrected chi connectivity index (χ1v) is 8.65. The van der Waals surface area contributed by atoms with Gasteiger partial charge in [0.15, 0.2) is 0 Å². The van der Waals surface area contributed by atoms with E-state index in [0.29, 0.717) is 25.2 Å². The van der Waals surface area contributed by atoms with E-state index in [0.717, 1.165) is 29.7 Å². The third-order valence-electron chi connectivity index (χ3n) is 5.74. The van der Waals surface area contributed by atoms with Crippen LogP contribution >= 0.6 is 0 Å². The predicted molar refractivity (Wildman–Crippen MR) is 92.1 cm³/mol. The quantitative estimate of drug-likeness (QED) is 0.900. The number of fused-ring (bicyclic) bond motifs is 1. The van der Waals surface area contributed by atoms with Gasteiger partial charge in [0.25, 0.3) is 5.91 Å². The van der Waals surface area contributed by atoms with E-state index in [1.165, 1.54) is 0 Å². The number of aryl methyl sites for hydroxylation is 1. The van der Waals surface area contributed by atoms with Crippen molar-refractivity contribution in [3.05, 3.63) is 41.6 Å². The number of H-pyrrole nitrogens is 1. The van der Waals surface area contributed by atoms with Crippen LogP contribution in [0, 0.1) is 18.3 Å². The Kier molecular flexibility index (Phi) is 3.63. The molecule has 6 nitrogen and oxygen atoms in total. The molecule has 1 saturated heterocycles. The summed E-state index contributed by atoms with van der Waals surface area (Å²) in [6.07, 6.45) is 2.47. The van der Waals surface area contributed by atoms with Crippen LogP contribution in [0.2, 0.25) is 0 Å². The molecule has 6 heteroatoms. The third-order valence-corrected chi connectivity index (χ3v) is 5.74. The number of hydrogen-bond donors (Lipinski definition) is 2. The van der Waals surface area contributed by atoms with E-state index in [4.69, 9.17) is 0 Å². The Hall–Kier alpha value is -2.63. The Morgan fingerprint density at radius 3 is 2.76 bits per heavy atom. The van der Waals surface area contributed by atoms with Crippen molar-refractivity contribution in [1.29, 1.82) is 0 Å². The van der Waals surface area contributed by atoms with Crippen LogP contribution in [0.4, 0.5) is 0 Å². The van der Waals surface area contributed by atoms with Gasteiger partial charge < -0.3 is 10.0 Å². The van der Waals surface area contributed by atoms with E-state index in [1.54, 1.807) is 11.0 Å². The zero-order valence-electron chi connectivity index (χ0n) is 14.2. The molecule has 4 rings (SSSR count). The molecule has 1 aliphatic heterocycles. The molecule has 1 aliphatic carbocycles. The molecule has 2 aliphatic rings. The molecule has 0 bridgehead atoms. The number of carboxylic acid groups (broad SMARTS) is 1. The Morgan fingerprint density at radius 2 is 2.08 bits per heavy atom. The first-order valence-electron chi connectivity index (χ1n) is 8.65. The van der Waals surface area contributed by atoms with E-state index in [-0.39, 0.29) is 11.8 Å². The van der Waals surface area contributed by atoms with Gasteiger partial charge in [-0.15, -0.1) is 0 Å². The molecule has 2 N–H and O–H groups in total. The van der Waals surface area contributed by atoms with Crippen molar-refractivity contribution in [3.63, 3.8) is 0 Å². The topological polar surface area (TPSA) is 86.3 Å². The van der Waals surface area contributed by atoms with Crippen molar-refractivity contribution in [2.24, 2.45) is 11.3 Å². The minimum atomic E-state index is -0.768. The van der Waals surface area contributed by atoms with Crippen molar-refractivity contribution < 1.29 is 14.7 Å². The summed E-state index contributed by atoms with van der Waals surface area (Å²) in [5.41, 5.74) is 2.49. The summed E-state index contributed by atoms with van der Waals surface area (Å²) >= 11 is 0. The third kappa shape index (κ3) is 2.52. The lowest BCUT2D eigenvalue weighted by atomic mass is 9.81. The minimum Gasteiger partial charge on any atom is -0.481 e. The highest BCUT2D eigenvalue weighted by Gasteiger charge is 2.55. The predicted octanol–water partition coefficient (Wildman–Crippen LogP) is 2.71. The minimum absolute atomic E-state index is 0.0634. The molecular formula is C19H21N3O3. The average Bonchev–Trinajstić information content (AvgIpc) is 3.29. The van der Waals surface area contributed by atoms with Gasteiger partial charge in [-0.1, -0.05) is 36.2 Å². The van der Waals surface area contributed by atoms with Crippen LogP contribution in [-0.4, -0.2) is 45.2 Å². The smallest absolute Gasteiger partial charge is 0.311 e. The van der Waals surface area contributed by atoms with Crippen molar-refractivity contribution >= 4 is 11.9 Å². The van der Waals surface area contributed by atoms with Gasteiger partial charge in [-0.2, -0.15) is 5.10 Å². The number of amides is 1. The number of carbonyl (C=O) groups is 2. The maximum atomic E-state index is 12.8. The second-order valence-corrected chi connectivity index (χ2v) is 7.27. The molecule has 1 aromatic heterocycles. The van der Waals surface area contributed by atoms with Gasteiger partial charge in [-0.05, 0) is 31.7 Å². The fourth-order valence-electron chi connectivity index (χ4n) is 4.27. The standard InChI is InChI=1S/C19H21N3O3/c1-12-4-6-13(7-5-12)15-9-16(21-20-15)17(23)22-10-14-3-2-8-19(14,11-22)18(24)25/h4-7,9,14H,2-3,8,10-11H2,1H3,(H,20,21)(H,24,25)/t14-,19+/m0/s1. The van der Waals surface area contributed by atoms with E-state index < -0.39 is 11.4 Å². The Labute approximate surface area is 145 Å². The largest absolute Gasteiger partial charge is 0.481 e. The lowest BCUT2D eigenvalue weighted by Gasteiger charge is -2.23. The number of carbonyl (C=O) groups excluding carboxylic acids is 1. The van der Waals surface area contributed by atoms with Gasteiger partial charge in [-0.3, -0.25) is 14.7 Å². The van der Waals surface area contributed by atoms with E-state index in [9.17, 15) is 14.7 Å². The number of aromatic nitrogens is 2. The van der Waals surface area contributed by atoms with Gasteiger partial charge in [0.05, 0.1) is 11.1 Å². The molecule has 1 aromatic carbocycles. The van der Waals surface area contributed by atoms with Crippen LogP contribution in [0.1, 0.15) is 35.3 Å². The first kappa shape index (κ1) is 15.9. The fraction of sp³-hybridized carbons (Fsp3) is 0.421. The second-order valence-electron chi connectivity index (χ2n) is 7.27. The summed E-state index contributed by atoms with van der Waals surface area (Å²) in [5, 5.41) is 16.7. The summed E-state index contributed by atoms with van der Waals surface area (Å²) in [6, 6.07) is 9.70.